The van der Waals surface area contributed by atoms with E-state index in [-0.39, 0.29) is 20.8 Å². The Hall–Kier alpha value is -4.60. The standard InChI is InChI=1S/C34H37BrN6O7S/c1-32(2,3)28(30(43)44)41(31(45)48-33(4,5)6)29(42)26-17-15-24(35)27(38-26)34(36,49(46,47)23-13-10-18-37-20-23)19-22-14-16-25(40-39-22)21-11-8-7-9-12-21/h7-18,20,28H,19,36H2,1-6H3,(H,43,44). The monoisotopic (exact) mass is 752 g/mol. The van der Waals surface area contributed by atoms with Crippen LogP contribution in [0.5, 0.6) is 0 Å². The number of ether oxygens (including phenoxy) is 1. The highest BCUT2D eigenvalue weighted by Gasteiger charge is 2.48. The SMILES string of the molecule is CC(C)(C)OC(=O)N(C(=O)c1ccc(Br)c(C(N)(Cc2ccc(-c3ccccc3)nn2)S(=O)(=O)c2cccnc2)n1)C(C(=O)O)C(C)(C)C. The number of carbonyl (C=O) groups excluding carboxylic acids is 2. The summed E-state index contributed by atoms with van der Waals surface area (Å²) in [6.07, 6.45) is 0.861. The van der Waals surface area contributed by atoms with E-state index in [0.29, 0.717) is 10.6 Å². The number of sulfone groups is 1. The number of amides is 2. The summed E-state index contributed by atoms with van der Waals surface area (Å²) in [5, 5.41) is 18.7. The number of carboxylic acids is 1. The van der Waals surface area contributed by atoms with Gasteiger partial charge >= 0.3 is 12.1 Å². The lowest BCUT2D eigenvalue weighted by Crippen LogP contribution is -2.56. The zero-order valence-corrected chi connectivity index (χ0v) is 30.2. The number of benzene rings is 1. The summed E-state index contributed by atoms with van der Waals surface area (Å²) in [6, 6.07) is 16.1. The Morgan fingerprint density at radius 2 is 1.61 bits per heavy atom. The van der Waals surface area contributed by atoms with Crippen molar-refractivity contribution < 1.29 is 32.6 Å². The molecule has 2 unspecified atom stereocenters. The molecule has 2 amide bonds. The zero-order chi connectivity index (χ0) is 36.4. The maximum absolute atomic E-state index is 14.4. The highest BCUT2D eigenvalue weighted by atomic mass is 79.9. The molecule has 0 bridgehead atoms. The Balaban J connectivity index is 1.89. The van der Waals surface area contributed by atoms with Crippen molar-refractivity contribution in [3.8, 4) is 11.3 Å². The molecule has 0 aliphatic rings. The van der Waals surface area contributed by atoms with Gasteiger partial charge in [-0.2, -0.15) is 10.2 Å². The minimum atomic E-state index is -4.55. The number of rotatable bonds is 9. The second-order valence-electron chi connectivity index (χ2n) is 13.3. The normalized spacial score (nSPS) is 14.0. The Labute approximate surface area is 293 Å². The van der Waals surface area contributed by atoms with Gasteiger partial charge in [0.15, 0.2) is 4.87 Å². The number of pyridine rings is 2. The fourth-order valence-electron chi connectivity index (χ4n) is 4.97. The molecule has 0 aliphatic carbocycles. The van der Waals surface area contributed by atoms with Crippen molar-refractivity contribution in [2.45, 2.75) is 69.4 Å². The summed E-state index contributed by atoms with van der Waals surface area (Å²) in [4.78, 5) is 46.4. The summed E-state index contributed by atoms with van der Waals surface area (Å²) in [7, 11) is -4.55. The average molecular weight is 754 g/mol. The molecule has 4 aromatic rings. The van der Waals surface area contributed by atoms with Crippen molar-refractivity contribution >= 4 is 43.7 Å². The van der Waals surface area contributed by atoms with Gasteiger partial charge < -0.3 is 15.6 Å². The van der Waals surface area contributed by atoms with Gasteiger partial charge in [-0.1, -0.05) is 51.1 Å². The Morgan fingerprint density at radius 1 is 0.939 bits per heavy atom. The molecule has 0 aliphatic heterocycles. The maximum Gasteiger partial charge on any atom is 0.418 e. The highest BCUT2D eigenvalue weighted by molar-refractivity contribution is 9.10. The molecule has 0 saturated carbocycles. The smallest absolute Gasteiger partial charge is 0.418 e. The largest absolute Gasteiger partial charge is 0.480 e. The predicted octanol–water partition coefficient (Wildman–Crippen LogP) is 5.40. The molecule has 0 radical (unpaired) electrons. The number of aromatic nitrogens is 4. The number of imide groups is 1. The molecule has 3 heterocycles. The zero-order valence-electron chi connectivity index (χ0n) is 27.8. The van der Waals surface area contributed by atoms with Crippen LogP contribution in [0.1, 0.15) is 63.4 Å². The first-order valence-electron chi connectivity index (χ1n) is 15.0. The van der Waals surface area contributed by atoms with Gasteiger partial charge in [0, 0.05) is 28.9 Å². The number of carboxylic acid groups (broad SMARTS) is 1. The Bertz CT molecular complexity index is 1950. The van der Waals surface area contributed by atoms with E-state index in [1.54, 1.807) is 53.7 Å². The van der Waals surface area contributed by atoms with Gasteiger partial charge in [0.05, 0.1) is 22.0 Å². The lowest BCUT2D eigenvalue weighted by molar-refractivity contribution is -0.146. The molecule has 2 atom stereocenters. The lowest BCUT2D eigenvalue weighted by atomic mass is 9.85. The van der Waals surface area contributed by atoms with E-state index < -0.39 is 61.9 Å². The van der Waals surface area contributed by atoms with Crippen LogP contribution < -0.4 is 5.73 Å². The number of carbonyl (C=O) groups is 3. The van der Waals surface area contributed by atoms with Crippen molar-refractivity contribution in [1.82, 2.24) is 25.1 Å². The van der Waals surface area contributed by atoms with E-state index in [0.717, 1.165) is 11.8 Å². The summed E-state index contributed by atoms with van der Waals surface area (Å²) in [6.45, 7) is 9.35. The van der Waals surface area contributed by atoms with Gasteiger partial charge in [0.2, 0.25) is 9.84 Å². The first kappa shape index (κ1) is 37.2. The molecule has 0 saturated heterocycles. The summed E-state index contributed by atoms with van der Waals surface area (Å²) in [5.74, 6) is -2.60. The lowest BCUT2D eigenvalue weighted by Gasteiger charge is -2.36. The molecule has 258 valence electrons. The molecular formula is C34H37BrN6O7S. The number of hydrogen-bond acceptors (Lipinski definition) is 11. The minimum absolute atomic E-state index is 0.113. The Kier molecular flexibility index (Phi) is 10.7. The van der Waals surface area contributed by atoms with Crippen LogP contribution in [0, 0.1) is 5.41 Å². The van der Waals surface area contributed by atoms with Crippen LogP contribution in [0.2, 0.25) is 0 Å². The number of hydrogen-bond donors (Lipinski definition) is 2. The minimum Gasteiger partial charge on any atom is -0.480 e. The first-order chi connectivity index (χ1) is 22.8. The van der Waals surface area contributed by atoms with Crippen molar-refractivity contribution in [2.24, 2.45) is 11.1 Å². The van der Waals surface area contributed by atoms with Crippen LogP contribution in [0.3, 0.4) is 0 Å². The van der Waals surface area contributed by atoms with Crippen LogP contribution >= 0.6 is 15.9 Å². The van der Waals surface area contributed by atoms with Crippen LogP contribution in [0.4, 0.5) is 4.79 Å². The van der Waals surface area contributed by atoms with Crippen molar-refractivity contribution in [1.29, 1.82) is 0 Å². The van der Waals surface area contributed by atoms with Crippen LogP contribution in [0.25, 0.3) is 11.3 Å². The molecular weight excluding hydrogens is 716 g/mol. The predicted molar refractivity (Wildman–Crippen MR) is 184 cm³/mol. The fourth-order valence-corrected chi connectivity index (χ4v) is 7.31. The van der Waals surface area contributed by atoms with Crippen LogP contribution in [-0.4, -0.2) is 68.2 Å². The molecule has 13 nitrogen and oxygen atoms in total. The topological polar surface area (TPSA) is 196 Å². The molecule has 0 spiro atoms. The molecule has 0 fully saturated rings. The van der Waals surface area contributed by atoms with Crippen molar-refractivity contribution in [3.63, 3.8) is 0 Å². The van der Waals surface area contributed by atoms with Crippen molar-refractivity contribution in [3.05, 3.63) is 101 Å². The molecule has 3 aromatic heterocycles. The van der Waals surface area contributed by atoms with Gasteiger partial charge in [-0.3, -0.25) is 9.78 Å². The van der Waals surface area contributed by atoms with Gasteiger partial charge in [-0.15, -0.1) is 0 Å². The van der Waals surface area contributed by atoms with E-state index >= 15 is 0 Å². The highest BCUT2D eigenvalue weighted by Crippen LogP contribution is 2.37. The average Bonchev–Trinajstić information content (AvgIpc) is 3.03. The molecule has 1 aromatic carbocycles. The van der Waals surface area contributed by atoms with Gasteiger partial charge in [-0.25, -0.2) is 27.9 Å². The second-order valence-corrected chi connectivity index (χ2v) is 16.4. The third-order valence-corrected chi connectivity index (χ3v) is 10.0. The molecule has 49 heavy (non-hydrogen) atoms. The number of halogens is 1. The molecule has 3 N–H and O–H groups in total. The number of nitrogens with two attached hydrogens (primary N) is 1. The van der Waals surface area contributed by atoms with E-state index in [1.165, 1.54) is 30.5 Å². The van der Waals surface area contributed by atoms with E-state index in [9.17, 15) is 27.9 Å². The van der Waals surface area contributed by atoms with E-state index in [4.69, 9.17) is 10.5 Å². The Morgan fingerprint density at radius 3 is 2.14 bits per heavy atom. The summed E-state index contributed by atoms with van der Waals surface area (Å²) < 4.78 is 34.3. The van der Waals surface area contributed by atoms with Crippen molar-refractivity contribution in [2.75, 3.05) is 0 Å². The third kappa shape index (κ3) is 8.17. The first-order valence-corrected chi connectivity index (χ1v) is 17.3. The second kappa shape index (κ2) is 14.1. The van der Waals surface area contributed by atoms with E-state index in [1.807, 2.05) is 30.3 Å². The maximum atomic E-state index is 14.4. The van der Waals surface area contributed by atoms with Crippen LogP contribution in [-0.2, 0) is 30.7 Å². The number of aliphatic carboxylic acids is 1. The molecule has 15 heteroatoms. The van der Waals surface area contributed by atoms with Gasteiger partial charge in [0.25, 0.3) is 5.91 Å². The molecule has 4 rings (SSSR count). The number of nitrogens with zero attached hydrogens (tertiary/aromatic N) is 5. The fraction of sp³-hybridized carbons (Fsp3) is 0.324. The quantitative estimate of drug-likeness (QED) is 0.221. The third-order valence-electron chi connectivity index (χ3n) is 7.24. The van der Waals surface area contributed by atoms with E-state index in [2.05, 4.69) is 36.1 Å². The van der Waals surface area contributed by atoms with Crippen LogP contribution in [0.15, 0.2) is 88.5 Å². The summed E-state index contributed by atoms with van der Waals surface area (Å²) in [5.41, 5.74) is 5.42. The summed E-state index contributed by atoms with van der Waals surface area (Å²) >= 11 is 3.36. The van der Waals surface area contributed by atoms with Gasteiger partial charge in [-0.05, 0) is 78.5 Å². The van der Waals surface area contributed by atoms with Gasteiger partial charge in [0.1, 0.15) is 17.3 Å².